The third-order valence-electron chi connectivity index (χ3n) is 5.65. The largest absolute Gasteiger partial charge is 0.508 e. The third-order valence-corrected chi connectivity index (χ3v) is 5.65. The molecule has 0 fully saturated rings. The lowest BCUT2D eigenvalue weighted by Gasteiger charge is -2.17. The van der Waals surface area contributed by atoms with E-state index in [1.807, 2.05) is 54.6 Å². The van der Waals surface area contributed by atoms with Crippen molar-refractivity contribution in [1.82, 2.24) is 10.2 Å². The lowest BCUT2D eigenvalue weighted by atomic mass is 9.88. The molecule has 0 aliphatic heterocycles. The highest BCUT2D eigenvalue weighted by Crippen LogP contribution is 2.36. The second-order valence-corrected chi connectivity index (χ2v) is 8.45. The average Bonchev–Trinajstić information content (AvgIpc) is 2.88. The number of nitrogens with one attached hydrogen (secondary N) is 1. The van der Waals surface area contributed by atoms with Crippen molar-refractivity contribution in [3.8, 4) is 11.5 Å². The number of halogens is 1. The van der Waals surface area contributed by atoms with Crippen molar-refractivity contribution in [2.24, 2.45) is 0 Å². The van der Waals surface area contributed by atoms with Crippen molar-refractivity contribution < 1.29 is 19.0 Å². The van der Waals surface area contributed by atoms with Crippen LogP contribution in [-0.4, -0.2) is 49.7 Å². The molecule has 3 rings (SSSR count). The van der Waals surface area contributed by atoms with Crippen LogP contribution in [0.5, 0.6) is 11.5 Å². The van der Waals surface area contributed by atoms with E-state index in [9.17, 15) is 9.90 Å². The van der Waals surface area contributed by atoms with Crippen LogP contribution >= 0.6 is 0 Å². The van der Waals surface area contributed by atoms with Gasteiger partial charge in [0.05, 0.1) is 0 Å². The molecule has 0 aliphatic carbocycles. The van der Waals surface area contributed by atoms with Gasteiger partial charge in [-0.1, -0.05) is 55.5 Å². The summed E-state index contributed by atoms with van der Waals surface area (Å²) in [7, 11) is 3.42. The smallest absolute Gasteiger partial charge is 0.245 e. The monoisotopic (exact) mass is 488 g/mol. The van der Waals surface area contributed by atoms with Gasteiger partial charge in [-0.25, -0.2) is 4.39 Å². The molecule has 6 heteroatoms. The zero-order valence-electron chi connectivity index (χ0n) is 21.0. The van der Waals surface area contributed by atoms with E-state index >= 15 is 4.39 Å². The van der Waals surface area contributed by atoms with E-state index in [4.69, 9.17) is 4.74 Å². The van der Waals surface area contributed by atoms with E-state index in [1.54, 1.807) is 26.2 Å². The van der Waals surface area contributed by atoms with Crippen LogP contribution in [0.4, 0.5) is 4.39 Å². The second kappa shape index (κ2) is 13.3. The maximum atomic E-state index is 15.0. The summed E-state index contributed by atoms with van der Waals surface area (Å²) in [6.45, 7) is 3.72. The van der Waals surface area contributed by atoms with Gasteiger partial charge in [0.1, 0.15) is 23.9 Å². The van der Waals surface area contributed by atoms with Gasteiger partial charge in [-0.2, -0.15) is 0 Å². The Morgan fingerprint density at radius 1 is 1.03 bits per heavy atom. The van der Waals surface area contributed by atoms with Gasteiger partial charge in [0, 0.05) is 44.9 Å². The van der Waals surface area contributed by atoms with Crippen LogP contribution in [0.15, 0.2) is 84.9 Å². The topological polar surface area (TPSA) is 61.8 Å². The van der Waals surface area contributed by atoms with Gasteiger partial charge < -0.3 is 20.1 Å². The van der Waals surface area contributed by atoms with Gasteiger partial charge in [0.15, 0.2) is 0 Å². The number of likely N-dealkylation sites (N-methyl/N-ethyl adjacent to an activating group) is 1. The molecule has 0 atom stereocenters. The highest BCUT2D eigenvalue weighted by atomic mass is 19.1. The zero-order chi connectivity index (χ0) is 25.9. The van der Waals surface area contributed by atoms with E-state index in [-0.39, 0.29) is 11.7 Å². The Labute approximate surface area is 212 Å². The highest BCUT2D eigenvalue weighted by Gasteiger charge is 2.17. The third kappa shape index (κ3) is 7.30. The van der Waals surface area contributed by atoms with Crippen LogP contribution in [0.1, 0.15) is 30.0 Å². The first-order valence-electron chi connectivity index (χ1n) is 12.0. The number of carbonyl (C=O) groups is 1. The van der Waals surface area contributed by atoms with Crippen molar-refractivity contribution in [1.29, 1.82) is 0 Å². The normalized spacial score (nSPS) is 11.9. The number of nitrogens with zero attached hydrogens (tertiary/aromatic N) is 1. The van der Waals surface area contributed by atoms with Gasteiger partial charge in [-0.3, -0.25) is 4.79 Å². The van der Waals surface area contributed by atoms with E-state index in [1.165, 1.54) is 17.0 Å². The van der Waals surface area contributed by atoms with Gasteiger partial charge in [0.2, 0.25) is 5.91 Å². The molecule has 3 aromatic carbocycles. The van der Waals surface area contributed by atoms with E-state index in [0.717, 1.165) is 28.3 Å². The molecular weight excluding hydrogens is 455 g/mol. The molecule has 188 valence electrons. The Hall–Kier alpha value is -3.90. The number of phenols is 1. The number of carbonyl (C=O) groups excluding carboxylic acids is 1. The van der Waals surface area contributed by atoms with Gasteiger partial charge in [-0.15, -0.1) is 0 Å². The van der Waals surface area contributed by atoms with Crippen molar-refractivity contribution >= 4 is 17.1 Å². The molecule has 0 aromatic heterocycles. The Morgan fingerprint density at radius 3 is 2.39 bits per heavy atom. The molecule has 0 unspecified atom stereocenters. The Morgan fingerprint density at radius 2 is 1.75 bits per heavy atom. The Bertz CT molecular complexity index is 1200. The lowest BCUT2D eigenvalue weighted by molar-refractivity contribution is -0.123. The summed E-state index contributed by atoms with van der Waals surface area (Å²) in [5.41, 5.74) is 4.12. The molecule has 0 bridgehead atoms. The van der Waals surface area contributed by atoms with Crippen LogP contribution in [0.3, 0.4) is 0 Å². The van der Waals surface area contributed by atoms with Crippen molar-refractivity contribution in [2.45, 2.75) is 13.3 Å². The predicted octanol–water partition coefficient (Wildman–Crippen LogP) is 5.51. The zero-order valence-corrected chi connectivity index (χ0v) is 21.0. The van der Waals surface area contributed by atoms with Gasteiger partial charge in [-0.05, 0) is 53.0 Å². The number of allylic oxidation sites excluding steroid dienone is 1. The molecule has 5 nitrogen and oxygen atoms in total. The molecule has 0 aliphatic rings. The fraction of sp³-hybridized carbons (Fsp3) is 0.233. The summed E-state index contributed by atoms with van der Waals surface area (Å²) in [5.74, 6) is 0.0829. The second-order valence-electron chi connectivity index (χ2n) is 8.45. The Kier molecular flexibility index (Phi) is 9.83. The van der Waals surface area contributed by atoms with E-state index in [0.29, 0.717) is 37.4 Å². The molecule has 0 heterocycles. The number of hydrogen-bond donors (Lipinski definition) is 2. The van der Waals surface area contributed by atoms with Crippen LogP contribution in [-0.2, 0) is 4.79 Å². The minimum Gasteiger partial charge on any atom is -0.508 e. The molecule has 0 saturated carbocycles. The number of benzene rings is 3. The number of hydrogen-bond acceptors (Lipinski definition) is 4. The number of rotatable bonds is 11. The maximum absolute atomic E-state index is 15.0. The van der Waals surface area contributed by atoms with E-state index in [2.05, 4.69) is 12.2 Å². The molecule has 36 heavy (non-hydrogen) atoms. The average molecular weight is 489 g/mol. The predicted molar refractivity (Wildman–Crippen MR) is 143 cm³/mol. The first-order valence-corrected chi connectivity index (χ1v) is 12.0. The molecule has 2 N–H and O–H groups in total. The molecular formula is C30H33FN2O3. The summed E-state index contributed by atoms with van der Waals surface area (Å²) >= 11 is 0. The minimum absolute atomic E-state index is 0.0489. The SMILES string of the molecule is CCC(=C(c1ccc(OCCNC/C=C/C(=O)N(C)C)cc1)c1ccc(O)cc1F)c1ccccc1. The summed E-state index contributed by atoms with van der Waals surface area (Å²) < 4.78 is 20.8. The quantitative estimate of drug-likeness (QED) is 0.212. The van der Waals surface area contributed by atoms with Crippen LogP contribution in [0.2, 0.25) is 0 Å². The Balaban J connectivity index is 1.75. The number of ether oxygens (including phenoxy) is 1. The molecule has 1 amide bonds. The van der Waals surface area contributed by atoms with Crippen molar-refractivity contribution in [3.63, 3.8) is 0 Å². The molecule has 3 aromatic rings. The molecule has 0 radical (unpaired) electrons. The van der Waals surface area contributed by atoms with Crippen LogP contribution < -0.4 is 10.1 Å². The van der Waals surface area contributed by atoms with Crippen molar-refractivity contribution in [3.05, 3.63) is 107 Å². The summed E-state index contributed by atoms with van der Waals surface area (Å²) in [6, 6.07) is 21.8. The summed E-state index contributed by atoms with van der Waals surface area (Å²) in [5, 5.41) is 12.9. The first-order chi connectivity index (χ1) is 17.4. The van der Waals surface area contributed by atoms with Crippen molar-refractivity contribution in [2.75, 3.05) is 33.8 Å². The number of aromatic hydroxyl groups is 1. The number of phenolic OH excluding ortho intramolecular Hbond substituents is 1. The van der Waals surface area contributed by atoms with E-state index < -0.39 is 5.82 Å². The minimum atomic E-state index is -0.473. The van der Waals surface area contributed by atoms with Crippen LogP contribution in [0.25, 0.3) is 11.1 Å². The van der Waals surface area contributed by atoms with Gasteiger partial charge >= 0.3 is 0 Å². The molecule has 0 saturated heterocycles. The summed E-state index contributed by atoms with van der Waals surface area (Å²) in [6.07, 6.45) is 4.03. The molecule has 0 spiro atoms. The standard InChI is InChI=1S/C30H33FN2O3/c1-4-26(22-9-6-5-7-10-22)30(27-17-14-24(34)21-28(27)31)23-12-15-25(16-13-23)36-20-19-32-18-8-11-29(35)33(2)3/h5-17,21,32,34H,4,18-20H2,1-3H3/b11-8+,30-26?. The lowest BCUT2D eigenvalue weighted by Crippen LogP contribution is -2.22. The first kappa shape index (κ1) is 26.7. The fourth-order valence-corrected chi connectivity index (χ4v) is 3.82. The van der Waals surface area contributed by atoms with Crippen LogP contribution in [0, 0.1) is 5.82 Å². The highest BCUT2D eigenvalue weighted by molar-refractivity contribution is 5.98. The summed E-state index contributed by atoms with van der Waals surface area (Å²) in [4.78, 5) is 13.0. The number of amides is 1. The fourth-order valence-electron chi connectivity index (χ4n) is 3.82. The maximum Gasteiger partial charge on any atom is 0.245 e. The van der Waals surface area contributed by atoms with Gasteiger partial charge in [0.25, 0.3) is 0 Å².